The summed E-state index contributed by atoms with van der Waals surface area (Å²) in [7, 11) is 3.45. The van der Waals surface area contributed by atoms with Gasteiger partial charge in [-0.25, -0.2) is 0 Å². The molecular formula is C22H24N4O5S. The largest absolute Gasteiger partial charge is 0.493 e. The third-order valence-corrected chi connectivity index (χ3v) is 6.03. The lowest BCUT2D eigenvalue weighted by molar-refractivity contribution is -0.115. The first kappa shape index (κ1) is 21.8. The minimum atomic E-state index is -0.394. The van der Waals surface area contributed by atoms with Crippen LogP contribution >= 0.6 is 11.8 Å². The number of anilines is 1. The van der Waals surface area contributed by atoms with E-state index in [0.29, 0.717) is 39.7 Å². The van der Waals surface area contributed by atoms with Crippen molar-refractivity contribution < 1.29 is 23.7 Å². The molecule has 1 aromatic heterocycles. The molecule has 9 nitrogen and oxygen atoms in total. The zero-order valence-electron chi connectivity index (χ0n) is 18.2. The van der Waals surface area contributed by atoms with Crippen LogP contribution in [0.5, 0.6) is 23.0 Å². The molecule has 0 unspecified atom stereocenters. The number of carbonyl (C=O) groups excluding carboxylic acids is 1. The van der Waals surface area contributed by atoms with E-state index in [9.17, 15) is 4.79 Å². The van der Waals surface area contributed by atoms with Gasteiger partial charge in [0.2, 0.25) is 12.7 Å². The fourth-order valence-corrected chi connectivity index (χ4v) is 3.87. The molecule has 10 heteroatoms. The zero-order chi connectivity index (χ0) is 22.7. The van der Waals surface area contributed by atoms with Crippen LogP contribution < -0.4 is 24.3 Å². The van der Waals surface area contributed by atoms with Gasteiger partial charge in [0.1, 0.15) is 6.61 Å². The summed E-state index contributed by atoms with van der Waals surface area (Å²) < 4.78 is 23.7. The number of nitrogens with one attached hydrogen (secondary N) is 1. The Morgan fingerprint density at radius 3 is 2.81 bits per heavy atom. The highest BCUT2D eigenvalue weighted by Crippen LogP contribution is 2.34. The standard InChI is InChI=1S/C22H24N4O5S/c1-13-5-7-16(18(9-13)28-4)29-11-20-24-25-22(26(20)3)32-14(2)21(27)23-15-6-8-17-19(10-15)31-12-30-17/h5-10,14H,11-12H2,1-4H3,(H,23,27)/t14-/m0/s1. The van der Waals surface area contributed by atoms with Crippen molar-refractivity contribution in [3.8, 4) is 23.0 Å². The molecule has 32 heavy (non-hydrogen) atoms. The van der Waals surface area contributed by atoms with Gasteiger partial charge in [0.05, 0.1) is 12.4 Å². The number of fused-ring (bicyclic) bond motifs is 1. The second-order valence-electron chi connectivity index (χ2n) is 7.22. The highest BCUT2D eigenvalue weighted by molar-refractivity contribution is 8.00. The Hall–Kier alpha value is -3.40. The van der Waals surface area contributed by atoms with Crippen LogP contribution in [0, 0.1) is 6.92 Å². The molecule has 1 N–H and O–H groups in total. The van der Waals surface area contributed by atoms with E-state index >= 15 is 0 Å². The number of thioether (sulfide) groups is 1. The molecule has 0 radical (unpaired) electrons. The lowest BCUT2D eigenvalue weighted by Gasteiger charge is -2.13. The summed E-state index contributed by atoms with van der Waals surface area (Å²) >= 11 is 1.32. The van der Waals surface area contributed by atoms with E-state index in [-0.39, 0.29) is 19.3 Å². The molecule has 3 aromatic rings. The summed E-state index contributed by atoms with van der Waals surface area (Å²) in [5, 5.41) is 11.5. The van der Waals surface area contributed by atoms with Crippen LogP contribution in [0.3, 0.4) is 0 Å². The van der Waals surface area contributed by atoms with Crippen LogP contribution in [-0.2, 0) is 18.4 Å². The molecule has 0 saturated heterocycles. The van der Waals surface area contributed by atoms with Gasteiger partial charge in [0.15, 0.2) is 34.0 Å². The summed E-state index contributed by atoms with van der Waals surface area (Å²) in [5.41, 5.74) is 1.73. The predicted octanol–water partition coefficient (Wildman–Crippen LogP) is 3.56. The molecule has 0 spiro atoms. The average Bonchev–Trinajstić information content (AvgIpc) is 3.39. The van der Waals surface area contributed by atoms with Gasteiger partial charge in [0.25, 0.3) is 0 Å². The van der Waals surface area contributed by atoms with Gasteiger partial charge < -0.3 is 28.8 Å². The first-order valence-electron chi connectivity index (χ1n) is 9.97. The number of amides is 1. The number of hydrogen-bond donors (Lipinski definition) is 1. The van der Waals surface area contributed by atoms with Crippen LogP contribution in [0.2, 0.25) is 0 Å². The molecule has 0 bridgehead atoms. The number of aromatic nitrogens is 3. The van der Waals surface area contributed by atoms with Crippen LogP contribution in [-0.4, -0.2) is 39.8 Å². The molecule has 4 rings (SSSR count). The van der Waals surface area contributed by atoms with E-state index in [1.54, 1.807) is 25.3 Å². The number of nitrogens with zero attached hydrogens (tertiary/aromatic N) is 3. The van der Waals surface area contributed by atoms with E-state index in [1.807, 2.05) is 43.7 Å². The SMILES string of the molecule is COc1cc(C)ccc1OCc1nnc(S[C@@H](C)C(=O)Nc2ccc3c(c2)OCO3)n1C. The molecule has 0 fully saturated rings. The summed E-state index contributed by atoms with van der Waals surface area (Å²) in [4.78, 5) is 12.6. The maximum absolute atomic E-state index is 12.6. The second kappa shape index (κ2) is 9.39. The Labute approximate surface area is 190 Å². The first-order chi connectivity index (χ1) is 15.4. The average molecular weight is 457 g/mol. The van der Waals surface area contributed by atoms with Crippen molar-refractivity contribution >= 4 is 23.4 Å². The van der Waals surface area contributed by atoms with E-state index < -0.39 is 5.25 Å². The highest BCUT2D eigenvalue weighted by atomic mass is 32.2. The van der Waals surface area contributed by atoms with Crippen molar-refractivity contribution in [2.45, 2.75) is 30.9 Å². The number of rotatable bonds is 8. The summed E-state index contributed by atoms with van der Waals surface area (Å²) in [6, 6.07) is 11.0. The maximum atomic E-state index is 12.6. The summed E-state index contributed by atoms with van der Waals surface area (Å²) in [6.45, 7) is 4.21. The Morgan fingerprint density at radius 2 is 2.00 bits per heavy atom. The lowest BCUT2D eigenvalue weighted by Crippen LogP contribution is -2.22. The molecule has 1 aliphatic rings. The Kier molecular flexibility index (Phi) is 6.40. The maximum Gasteiger partial charge on any atom is 0.237 e. The van der Waals surface area contributed by atoms with Gasteiger partial charge in [-0.15, -0.1) is 10.2 Å². The molecule has 2 heterocycles. The van der Waals surface area contributed by atoms with Crippen LogP contribution in [0.15, 0.2) is 41.6 Å². The fraction of sp³-hybridized carbons (Fsp3) is 0.318. The van der Waals surface area contributed by atoms with Gasteiger partial charge in [-0.2, -0.15) is 0 Å². The number of methoxy groups -OCH3 is 1. The summed E-state index contributed by atoms with van der Waals surface area (Å²) in [6.07, 6.45) is 0. The molecule has 1 atom stereocenters. The highest BCUT2D eigenvalue weighted by Gasteiger charge is 2.21. The number of benzene rings is 2. The quantitative estimate of drug-likeness (QED) is 0.514. The number of hydrogen-bond acceptors (Lipinski definition) is 8. The number of ether oxygens (including phenoxy) is 4. The van der Waals surface area contributed by atoms with Gasteiger partial charge in [-0.3, -0.25) is 4.79 Å². The fourth-order valence-electron chi connectivity index (χ4n) is 3.04. The van der Waals surface area contributed by atoms with Crippen molar-refractivity contribution in [1.29, 1.82) is 0 Å². The van der Waals surface area contributed by atoms with Gasteiger partial charge in [0, 0.05) is 18.8 Å². The van der Waals surface area contributed by atoms with Gasteiger partial charge in [-0.05, 0) is 43.7 Å². The molecule has 1 aliphatic heterocycles. The summed E-state index contributed by atoms with van der Waals surface area (Å²) in [5.74, 6) is 3.06. The Balaban J connectivity index is 1.36. The van der Waals surface area contributed by atoms with Crippen molar-refractivity contribution in [3.05, 3.63) is 47.8 Å². The Morgan fingerprint density at radius 1 is 1.19 bits per heavy atom. The van der Waals surface area contributed by atoms with Crippen molar-refractivity contribution in [1.82, 2.24) is 14.8 Å². The van der Waals surface area contributed by atoms with Crippen molar-refractivity contribution in [2.24, 2.45) is 7.05 Å². The molecule has 168 valence electrons. The molecule has 0 saturated carbocycles. The zero-order valence-corrected chi connectivity index (χ0v) is 19.1. The predicted molar refractivity (Wildman–Crippen MR) is 120 cm³/mol. The topological polar surface area (TPSA) is 96.7 Å². The smallest absolute Gasteiger partial charge is 0.237 e. The third-order valence-electron chi connectivity index (χ3n) is 4.89. The van der Waals surface area contributed by atoms with E-state index in [2.05, 4.69) is 15.5 Å². The van der Waals surface area contributed by atoms with Gasteiger partial charge in [-0.1, -0.05) is 17.8 Å². The monoisotopic (exact) mass is 456 g/mol. The minimum absolute atomic E-state index is 0.154. The van der Waals surface area contributed by atoms with E-state index in [0.717, 1.165) is 5.56 Å². The van der Waals surface area contributed by atoms with Crippen LogP contribution in [0.1, 0.15) is 18.3 Å². The third kappa shape index (κ3) is 4.75. The number of aryl methyl sites for hydroxylation is 1. The molecule has 1 amide bonds. The Bertz CT molecular complexity index is 1130. The minimum Gasteiger partial charge on any atom is -0.493 e. The molecular weight excluding hydrogens is 432 g/mol. The molecule has 0 aliphatic carbocycles. The van der Waals surface area contributed by atoms with Crippen molar-refractivity contribution in [3.63, 3.8) is 0 Å². The lowest BCUT2D eigenvalue weighted by atomic mass is 10.2. The number of carbonyl (C=O) groups is 1. The van der Waals surface area contributed by atoms with Gasteiger partial charge >= 0.3 is 0 Å². The first-order valence-corrected chi connectivity index (χ1v) is 10.9. The second-order valence-corrected chi connectivity index (χ2v) is 8.53. The van der Waals surface area contributed by atoms with Crippen LogP contribution in [0.25, 0.3) is 0 Å². The van der Waals surface area contributed by atoms with E-state index in [4.69, 9.17) is 18.9 Å². The van der Waals surface area contributed by atoms with E-state index in [1.165, 1.54) is 11.8 Å². The normalized spacial score (nSPS) is 13.0. The van der Waals surface area contributed by atoms with Crippen LogP contribution in [0.4, 0.5) is 5.69 Å². The molecule has 2 aromatic carbocycles. The van der Waals surface area contributed by atoms with Crippen molar-refractivity contribution in [2.75, 3.05) is 19.2 Å².